The predicted octanol–water partition coefficient (Wildman–Crippen LogP) is 5.17. The Morgan fingerprint density at radius 3 is 2.50 bits per heavy atom. The van der Waals surface area contributed by atoms with Gasteiger partial charge in [-0.25, -0.2) is 15.0 Å². The van der Waals surface area contributed by atoms with Gasteiger partial charge in [0.1, 0.15) is 10.6 Å². The number of nitrogens with zero attached hydrogens (tertiary/aromatic N) is 4. The lowest BCUT2D eigenvalue weighted by molar-refractivity contribution is 0.941. The monoisotopic (exact) mass is 439 g/mol. The maximum absolute atomic E-state index is 12.7. The second-order valence-corrected chi connectivity index (χ2v) is 9.10. The van der Waals surface area contributed by atoms with Crippen molar-refractivity contribution in [3.63, 3.8) is 0 Å². The number of rotatable bonds is 3. The van der Waals surface area contributed by atoms with Crippen LogP contribution in [0.4, 0.5) is 5.82 Å². The topological polar surface area (TPSA) is 74.8 Å². The highest BCUT2D eigenvalue weighted by atomic mass is 32.1. The maximum Gasteiger partial charge on any atom is 0.259 e. The van der Waals surface area contributed by atoms with Crippen molar-refractivity contribution < 1.29 is 0 Å². The highest BCUT2D eigenvalue weighted by Crippen LogP contribution is 2.41. The van der Waals surface area contributed by atoms with Crippen LogP contribution < -0.4 is 10.5 Å². The largest absolute Gasteiger partial charge is 0.356 e. The van der Waals surface area contributed by atoms with Gasteiger partial charge in [0.05, 0.1) is 21.2 Å². The first-order chi connectivity index (χ1) is 15.7. The molecule has 0 spiro atoms. The number of para-hydroxylation sites is 1. The van der Waals surface area contributed by atoms with E-state index in [1.54, 1.807) is 17.4 Å². The fourth-order valence-corrected chi connectivity index (χ4v) is 5.53. The first-order valence-corrected chi connectivity index (χ1v) is 11.6. The molecular formula is C25H21N5OS. The standard InChI is InChI=1S/C25H21N5OS/c1-15-19-23(30-13-7-8-14-30)27-21(16-9-3-2-4-10-16)29-25(19)32-20(15)22-26-18-12-6-5-11-17(18)24(31)28-22/h2-6,9-12H,7-8,13-14H2,1H3,(H,26,28,31). The van der Waals surface area contributed by atoms with E-state index in [0.29, 0.717) is 16.7 Å². The van der Waals surface area contributed by atoms with Gasteiger partial charge in [-0.15, -0.1) is 11.3 Å². The van der Waals surface area contributed by atoms with E-state index in [0.717, 1.165) is 51.0 Å². The zero-order valence-corrected chi connectivity index (χ0v) is 18.4. The van der Waals surface area contributed by atoms with E-state index in [1.807, 2.05) is 48.5 Å². The number of thiophene rings is 1. The summed E-state index contributed by atoms with van der Waals surface area (Å²) < 4.78 is 0. The van der Waals surface area contributed by atoms with E-state index < -0.39 is 0 Å². The van der Waals surface area contributed by atoms with Crippen LogP contribution in [-0.2, 0) is 0 Å². The molecule has 0 radical (unpaired) electrons. The first kappa shape index (κ1) is 19.1. The summed E-state index contributed by atoms with van der Waals surface area (Å²) in [6, 6.07) is 17.5. The zero-order chi connectivity index (χ0) is 21.7. The van der Waals surface area contributed by atoms with Crippen molar-refractivity contribution in [1.82, 2.24) is 19.9 Å². The van der Waals surface area contributed by atoms with Gasteiger partial charge >= 0.3 is 0 Å². The molecule has 6 rings (SSSR count). The predicted molar refractivity (Wildman–Crippen MR) is 130 cm³/mol. The van der Waals surface area contributed by atoms with Gasteiger partial charge in [-0.3, -0.25) is 4.79 Å². The highest BCUT2D eigenvalue weighted by molar-refractivity contribution is 7.22. The van der Waals surface area contributed by atoms with Crippen LogP contribution in [0.5, 0.6) is 0 Å². The molecule has 1 aliphatic heterocycles. The third-order valence-corrected chi connectivity index (χ3v) is 7.23. The van der Waals surface area contributed by atoms with Crippen LogP contribution in [0.3, 0.4) is 0 Å². The molecule has 2 aromatic carbocycles. The molecule has 0 atom stereocenters. The van der Waals surface area contributed by atoms with Crippen molar-refractivity contribution in [2.75, 3.05) is 18.0 Å². The van der Waals surface area contributed by atoms with Crippen molar-refractivity contribution in [2.24, 2.45) is 0 Å². The van der Waals surface area contributed by atoms with E-state index in [1.165, 1.54) is 12.8 Å². The molecule has 1 fully saturated rings. The summed E-state index contributed by atoms with van der Waals surface area (Å²) in [6.07, 6.45) is 2.34. The number of aromatic amines is 1. The number of aryl methyl sites for hydroxylation is 1. The van der Waals surface area contributed by atoms with Gasteiger partial charge in [0.25, 0.3) is 5.56 Å². The molecule has 1 N–H and O–H groups in total. The molecule has 4 heterocycles. The molecule has 0 bridgehead atoms. The molecule has 3 aromatic heterocycles. The van der Waals surface area contributed by atoms with Crippen LogP contribution >= 0.6 is 11.3 Å². The first-order valence-electron chi connectivity index (χ1n) is 10.8. The summed E-state index contributed by atoms with van der Waals surface area (Å²) in [5.41, 5.74) is 2.63. The lowest BCUT2D eigenvalue weighted by atomic mass is 10.1. The summed E-state index contributed by atoms with van der Waals surface area (Å²) in [7, 11) is 0. The number of aromatic nitrogens is 4. The van der Waals surface area contributed by atoms with Crippen molar-refractivity contribution in [3.8, 4) is 22.1 Å². The van der Waals surface area contributed by atoms with Crippen LogP contribution in [0.1, 0.15) is 18.4 Å². The van der Waals surface area contributed by atoms with Gasteiger partial charge < -0.3 is 9.88 Å². The summed E-state index contributed by atoms with van der Waals surface area (Å²) in [4.78, 5) is 34.6. The zero-order valence-electron chi connectivity index (χ0n) is 17.6. The lowest BCUT2D eigenvalue weighted by Gasteiger charge is -2.18. The summed E-state index contributed by atoms with van der Waals surface area (Å²) in [5, 5.41) is 1.65. The van der Waals surface area contributed by atoms with Gasteiger partial charge in [0.2, 0.25) is 0 Å². The molecule has 1 aliphatic rings. The lowest BCUT2D eigenvalue weighted by Crippen LogP contribution is -2.20. The van der Waals surface area contributed by atoms with E-state index in [2.05, 4.69) is 16.8 Å². The fourth-order valence-electron chi connectivity index (χ4n) is 4.41. The Balaban J connectivity index is 1.61. The Hall–Kier alpha value is -3.58. The van der Waals surface area contributed by atoms with Gasteiger partial charge in [0, 0.05) is 18.7 Å². The van der Waals surface area contributed by atoms with Crippen LogP contribution in [-0.4, -0.2) is 33.0 Å². The van der Waals surface area contributed by atoms with Gasteiger partial charge in [-0.05, 0) is 37.5 Å². The van der Waals surface area contributed by atoms with E-state index in [-0.39, 0.29) is 5.56 Å². The van der Waals surface area contributed by atoms with Crippen LogP contribution in [0.2, 0.25) is 0 Å². The Morgan fingerprint density at radius 1 is 0.938 bits per heavy atom. The summed E-state index contributed by atoms with van der Waals surface area (Å²) in [5.74, 6) is 2.30. The molecule has 7 heteroatoms. The average molecular weight is 440 g/mol. The highest BCUT2D eigenvalue weighted by Gasteiger charge is 2.24. The van der Waals surface area contributed by atoms with Crippen molar-refractivity contribution >= 4 is 38.3 Å². The van der Waals surface area contributed by atoms with E-state index in [9.17, 15) is 4.79 Å². The molecule has 32 heavy (non-hydrogen) atoms. The second kappa shape index (κ2) is 7.53. The minimum absolute atomic E-state index is 0.127. The number of anilines is 1. The second-order valence-electron chi connectivity index (χ2n) is 8.10. The minimum Gasteiger partial charge on any atom is -0.356 e. The molecular weight excluding hydrogens is 418 g/mol. The number of hydrogen-bond acceptors (Lipinski definition) is 6. The molecule has 0 saturated carbocycles. The third kappa shape index (κ3) is 3.08. The Bertz CT molecular complexity index is 1520. The number of hydrogen-bond donors (Lipinski definition) is 1. The fraction of sp³-hybridized carbons (Fsp3) is 0.200. The molecule has 1 saturated heterocycles. The van der Waals surface area contributed by atoms with Crippen molar-refractivity contribution in [3.05, 3.63) is 70.5 Å². The van der Waals surface area contributed by atoms with Gasteiger partial charge in [-0.1, -0.05) is 42.5 Å². The Kier molecular flexibility index (Phi) is 4.50. The smallest absolute Gasteiger partial charge is 0.259 e. The third-order valence-electron chi connectivity index (χ3n) is 6.04. The van der Waals surface area contributed by atoms with Crippen LogP contribution in [0.25, 0.3) is 43.2 Å². The number of benzene rings is 2. The number of fused-ring (bicyclic) bond motifs is 2. The van der Waals surface area contributed by atoms with E-state index >= 15 is 0 Å². The Labute approximate surface area is 188 Å². The molecule has 158 valence electrons. The summed E-state index contributed by atoms with van der Waals surface area (Å²) >= 11 is 1.57. The van der Waals surface area contributed by atoms with Gasteiger partial charge in [-0.2, -0.15) is 0 Å². The minimum atomic E-state index is -0.127. The van der Waals surface area contributed by atoms with Crippen molar-refractivity contribution in [1.29, 1.82) is 0 Å². The molecule has 5 aromatic rings. The molecule has 6 nitrogen and oxygen atoms in total. The molecule has 0 unspecified atom stereocenters. The number of H-pyrrole nitrogens is 1. The normalized spacial score (nSPS) is 14.0. The van der Waals surface area contributed by atoms with Crippen LogP contribution in [0.15, 0.2) is 59.4 Å². The summed E-state index contributed by atoms with van der Waals surface area (Å²) in [6.45, 7) is 4.07. The van der Waals surface area contributed by atoms with E-state index in [4.69, 9.17) is 15.0 Å². The quantitative estimate of drug-likeness (QED) is 0.420. The SMILES string of the molecule is Cc1c(-c2nc3ccccc3c(=O)[nH]2)sc2nc(-c3ccccc3)nc(N3CCCC3)c12. The van der Waals surface area contributed by atoms with Crippen LogP contribution in [0, 0.1) is 6.92 Å². The van der Waals surface area contributed by atoms with Crippen molar-refractivity contribution in [2.45, 2.75) is 19.8 Å². The molecule has 0 amide bonds. The number of nitrogens with one attached hydrogen (secondary N) is 1. The average Bonchev–Trinajstić information content (AvgIpc) is 3.48. The molecule has 0 aliphatic carbocycles. The Morgan fingerprint density at radius 2 is 1.69 bits per heavy atom. The maximum atomic E-state index is 12.7. The van der Waals surface area contributed by atoms with Gasteiger partial charge in [0.15, 0.2) is 11.6 Å².